The minimum absolute atomic E-state index is 0.484. The molecule has 0 saturated carbocycles. The summed E-state index contributed by atoms with van der Waals surface area (Å²) in [5.74, 6) is 0. The molecular formula is C10H20O2. The van der Waals surface area contributed by atoms with Gasteiger partial charge in [-0.2, -0.15) is 0 Å². The first-order valence-corrected chi connectivity index (χ1v) is 4.78. The van der Waals surface area contributed by atoms with Crippen LogP contribution in [0.3, 0.4) is 0 Å². The first-order valence-electron chi connectivity index (χ1n) is 4.78. The van der Waals surface area contributed by atoms with Crippen LogP contribution in [-0.4, -0.2) is 16.5 Å². The zero-order valence-electron chi connectivity index (χ0n) is 7.87. The molecule has 0 heterocycles. The van der Waals surface area contributed by atoms with Crippen LogP contribution in [0, 0.1) is 0 Å². The molecule has 0 aliphatic carbocycles. The van der Waals surface area contributed by atoms with Gasteiger partial charge in [0.2, 0.25) is 0 Å². The number of hydrogen-bond donors (Lipinski definition) is 2. The summed E-state index contributed by atoms with van der Waals surface area (Å²) >= 11 is 0. The summed E-state index contributed by atoms with van der Waals surface area (Å²) in [6, 6.07) is 0. The molecular weight excluding hydrogens is 152 g/mol. The van der Waals surface area contributed by atoms with Gasteiger partial charge in [0, 0.05) is 0 Å². The van der Waals surface area contributed by atoms with Crippen molar-refractivity contribution in [2.75, 3.05) is 0 Å². The lowest BCUT2D eigenvalue weighted by Crippen LogP contribution is -2.02. The van der Waals surface area contributed by atoms with Gasteiger partial charge < -0.3 is 10.2 Å². The predicted octanol–water partition coefficient (Wildman–Crippen LogP) is 2.21. The highest BCUT2D eigenvalue weighted by atomic mass is 16.5. The lowest BCUT2D eigenvalue weighted by Gasteiger charge is -1.99. The molecule has 0 aromatic heterocycles. The highest BCUT2D eigenvalue weighted by molar-refractivity contribution is 4.81. The molecule has 0 aliphatic rings. The fourth-order valence-electron chi connectivity index (χ4n) is 0.976. The second-order valence-corrected chi connectivity index (χ2v) is 3.03. The van der Waals surface area contributed by atoms with E-state index in [9.17, 15) is 0 Å². The highest BCUT2D eigenvalue weighted by Crippen LogP contribution is 2.01. The van der Waals surface area contributed by atoms with Crippen LogP contribution in [0.25, 0.3) is 0 Å². The van der Waals surface area contributed by atoms with E-state index in [1.807, 2.05) is 0 Å². The van der Waals surface area contributed by atoms with Crippen molar-refractivity contribution in [1.82, 2.24) is 0 Å². The Balaban J connectivity index is 3.03. The van der Waals surface area contributed by atoms with E-state index in [1.54, 1.807) is 0 Å². The number of rotatable bonds is 7. The van der Waals surface area contributed by atoms with Crippen molar-refractivity contribution in [3.63, 3.8) is 0 Å². The first-order chi connectivity index (χ1) is 5.77. The Kier molecular flexibility index (Phi) is 8.51. The minimum Gasteiger partial charge on any atom is -0.368 e. The van der Waals surface area contributed by atoms with E-state index < -0.39 is 6.29 Å². The Morgan fingerprint density at radius 1 is 1.08 bits per heavy atom. The largest absolute Gasteiger partial charge is 0.368 e. The molecule has 2 N–H and O–H groups in total. The lowest BCUT2D eigenvalue weighted by molar-refractivity contribution is -0.0460. The third-order valence-electron chi connectivity index (χ3n) is 1.72. The summed E-state index contributed by atoms with van der Waals surface area (Å²) in [6.45, 7) is 2.18. The number of allylic oxidation sites excluding steroid dienone is 2. The van der Waals surface area contributed by atoms with E-state index >= 15 is 0 Å². The summed E-state index contributed by atoms with van der Waals surface area (Å²) in [4.78, 5) is 0. The Bertz CT molecular complexity index is 108. The topological polar surface area (TPSA) is 40.5 Å². The van der Waals surface area contributed by atoms with Crippen molar-refractivity contribution in [3.8, 4) is 0 Å². The van der Waals surface area contributed by atoms with E-state index in [0.717, 1.165) is 19.3 Å². The van der Waals surface area contributed by atoms with Crippen molar-refractivity contribution >= 4 is 0 Å². The van der Waals surface area contributed by atoms with Crippen molar-refractivity contribution in [2.45, 2.75) is 51.7 Å². The summed E-state index contributed by atoms with van der Waals surface area (Å²) in [5.41, 5.74) is 0. The van der Waals surface area contributed by atoms with Crippen LogP contribution < -0.4 is 0 Å². The van der Waals surface area contributed by atoms with Crippen molar-refractivity contribution in [1.29, 1.82) is 0 Å². The maximum Gasteiger partial charge on any atom is 0.151 e. The van der Waals surface area contributed by atoms with Gasteiger partial charge in [0.15, 0.2) is 6.29 Å². The van der Waals surface area contributed by atoms with Gasteiger partial charge in [0.05, 0.1) is 0 Å². The average molecular weight is 172 g/mol. The van der Waals surface area contributed by atoms with Gasteiger partial charge in [-0.1, -0.05) is 31.9 Å². The quantitative estimate of drug-likeness (QED) is 0.351. The summed E-state index contributed by atoms with van der Waals surface area (Å²) in [7, 11) is 0. The molecule has 0 rings (SSSR count). The van der Waals surface area contributed by atoms with Crippen molar-refractivity contribution in [2.24, 2.45) is 0 Å². The Labute approximate surface area is 74.9 Å². The Hall–Kier alpha value is -0.340. The van der Waals surface area contributed by atoms with Crippen LogP contribution in [0.4, 0.5) is 0 Å². The van der Waals surface area contributed by atoms with E-state index in [-0.39, 0.29) is 0 Å². The molecule has 0 aromatic carbocycles. The van der Waals surface area contributed by atoms with Gasteiger partial charge in [0.25, 0.3) is 0 Å². The van der Waals surface area contributed by atoms with Gasteiger partial charge in [-0.25, -0.2) is 0 Å². The van der Waals surface area contributed by atoms with E-state index in [2.05, 4.69) is 19.1 Å². The lowest BCUT2D eigenvalue weighted by atomic mass is 10.2. The molecule has 0 unspecified atom stereocenters. The van der Waals surface area contributed by atoms with Crippen molar-refractivity contribution in [3.05, 3.63) is 12.2 Å². The van der Waals surface area contributed by atoms with Gasteiger partial charge in [-0.05, 0) is 25.7 Å². The molecule has 0 atom stereocenters. The minimum atomic E-state index is -1.13. The average Bonchev–Trinajstić information content (AvgIpc) is 2.02. The summed E-state index contributed by atoms with van der Waals surface area (Å²) < 4.78 is 0. The van der Waals surface area contributed by atoms with Crippen LogP contribution in [0.5, 0.6) is 0 Å². The van der Waals surface area contributed by atoms with E-state index in [4.69, 9.17) is 10.2 Å². The Morgan fingerprint density at radius 3 is 2.17 bits per heavy atom. The zero-order valence-corrected chi connectivity index (χ0v) is 7.87. The predicted molar refractivity (Wildman–Crippen MR) is 50.7 cm³/mol. The third kappa shape index (κ3) is 9.66. The third-order valence-corrected chi connectivity index (χ3v) is 1.72. The van der Waals surface area contributed by atoms with E-state index in [0.29, 0.717) is 6.42 Å². The molecule has 2 heteroatoms. The molecule has 0 spiro atoms. The number of aliphatic hydroxyl groups excluding tert-OH is 1. The molecule has 0 amide bonds. The maximum atomic E-state index is 8.52. The Morgan fingerprint density at radius 2 is 1.67 bits per heavy atom. The fourth-order valence-corrected chi connectivity index (χ4v) is 0.976. The van der Waals surface area contributed by atoms with Crippen LogP contribution in [0.1, 0.15) is 45.4 Å². The van der Waals surface area contributed by atoms with E-state index in [1.165, 1.54) is 12.8 Å². The molecule has 12 heavy (non-hydrogen) atoms. The van der Waals surface area contributed by atoms with Gasteiger partial charge >= 0.3 is 0 Å². The first kappa shape index (κ1) is 11.7. The monoisotopic (exact) mass is 172 g/mol. The number of hydrogen-bond acceptors (Lipinski definition) is 2. The van der Waals surface area contributed by atoms with Crippen molar-refractivity contribution < 1.29 is 10.2 Å². The number of unbranched alkanes of at least 4 members (excludes halogenated alkanes) is 3. The van der Waals surface area contributed by atoms with Gasteiger partial charge in [-0.3, -0.25) is 0 Å². The maximum absolute atomic E-state index is 8.52. The van der Waals surface area contributed by atoms with Gasteiger partial charge in [0.1, 0.15) is 0 Å². The SMILES string of the molecule is CCCC/C=C/CCCC(O)O. The standard InChI is InChI=1S/C10H20O2/c1-2-3-4-5-6-7-8-9-10(11)12/h5-6,10-12H,2-4,7-9H2,1H3/b6-5+. The van der Waals surface area contributed by atoms with Crippen LogP contribution in [0.15, 0.2) is 12.2 Å². The molecule has 0 saturated heterocycles. The van der Waals surface area contributed by atoms with Crippen LogP contribution in [0.2, 0.25) is 0 Å². The molecule has 72 valence electrons. The zero-order chi connectivity index (χ0) is 9.23. The second kappa shape index (κ2) is 8.75. The molecule has 0 aromatic rings. The molecule has 0 fully saturated rings. The second-order valence-electron chi connectivity index (χ2n) is 3.03. The van der Waals surface area contributed by atoms with Crippen LogP contribution >= 0.6 is 0 Å². The molecule has 0 bridgehead atoms. The number of aliphatic hydroxyl groups is 2. The van der Waals surface area contributed by atoms with Gasteiger partial charge in [-0.15, -0.1) is 0 Å². The summed E-state index contributed by atoms with van der Waals surface area (Å²) in [5, 5.41) is 17.0. The smallest absolute Gasteiger partial charge is 0.151 e. The normalized spacial score (nSPS) is 11.7. The summed E-state index contributed by atoms with van der Waals surface area (Å²) in [6.07, 6.45) is 9.11. The highest BCUT2D eigenvalue weighted by Gasteiger charge is 1.93. The van der Waals surface area contributed by atoms with Crippen LogP contribution in [-0.2, 0) is 0 Å². The molecule has 0 aliphatic heterocycles. The molecule has 2 nitrogen and oxygen atoms in total. The fraction of sp³-hybridized carbons (Fsp3) is 0.800. The molecule has 0 radical (unpaired) electrons.